The molecule has 2 rings (SSSR count). The Morgan fingerprint density at radius 1 is 1.31 bits per heavy atom. The molecule has 1 aromatic heterocycles. The fraction of sp³-hybridized carbons (Fsp3) is 0.500. The van der Waals surface area contributed by atoms with E-state index in [2.05, 4.69) is 15.0 Å². The highest BCUT2D eigenvalue weighted by atomic mass is 32.2. The topological polar surface area (TPSA) is 123 Å². The minimum absolute atomic E-state index is 0.0438. The van der Waals surface area contributed by atoms with E-state index in [1.807, 2.05) is 20.8 Å². The van der Waals surface area contributed by atoms with Crippen LogP contribution in [0.5, 0.6) is 0 Å². The molecule has 2 atom stereocenters. The first-order valence-corrected chi connectivity index (χ1v) is 11.3. The number of aromatic nitrogens is 1. The van der Waals surface area contributed by atoms with Crippen LogP contribution >= 0.6 is 11.3 Å². The van der Waals surface area contributed by atoms with Gasteiger partial charge in [-0.3, -0.25) is 4.72 Å². The van der Waals surface area contributed by atoms with Crippen LogP contribution < -0.4 is 21.5 Å². The number of nitrogens with one attached hydrogen (secondary N) is 2. The first kappa shape index (κ1) is 23.5. The Kier molecular flexibility index (Phi) is 7.20. The second-order valence-electron chi connectivity index (χ2n) is 7.87. The van der Waals surface area contributed by atoms with Crippen molar-refractivity contribution in [3.05, 3.63) is 34.8 Å². The Labute approximate surface area is 174 Å². The number of rotatable bonds is 9. The molecule has 1 heterocycles. The number of thiazole rings is 1. The summed E-state index contributed by atoms with van der Waals surface area (Å²) in [5.74, 6) is -0.888. The number of sulfonamides is 1. The Morgan fingerprint density at radius 3 is 2.48 bits per heavy atom. The van der Waals surface area contributed by atoms with E-state index in [0.29, 0.717) is 35.6 Å². The van der Waals surface area contributed by atoms with Gasteiger partial charge in [0.1, 0.15) is 10.7 Å². The molecule has 0 saturated heterocycles. The third kappa shape index (κ3) is 6.59. The van der Waals surface area contributed by atoms with E-state index in [1.165, 1.54) is 6.07 Å². The molecular weight excluding hydrogens is 420 g/mol. The number of hydrogen-bond donors (Lipinski definition) is 4. The third-order valence-corrected chi connectivity index (χ3v) is 6.54. The molecule has 0 unspecified atom stereocenters. The Balaban J connectivity index is 2.20. The number of nitrogens with zero attached hydrogens (tertiary/aromatic N) is 1. The van der Waals surface area contributed by atoms with E-state index < -0.39 is 31.4 Å². The lowest BCUT2D eigenvalue weighted by molar-refractivity contribution is 0.336. The molecule has 0 radical (unpaired) electrons. The average Bonchev–Trinajstić information content (AvgIpc) is 2.96. The highest BCUT2D eigenvalue weighted by Gasteiger charge is 2.24. The summed E-state index contributed by atoms with van der Waals surface area (Å²) >= 11 is 0.516. The van der Waals surface area contributed by atoms with Crippen LogP contribution in [-0.2, 0) is 10.0 Å². The van der Waals surface area contributed by atoms with Crippen LogP contribution in [0.25, 0.3) is 0 Å². The van der Waals surface area contributed by atoms with Crippen molar-refractivity contribution in [3.8, 4) is 0 Å². The van der Waals surface area contributed by atoms with Crippen LogP contribution in [0.15, 0.2) is 23.2 Å². The monoisotopic (exact) mass is 447 g/mol. The molecule has 0 saturated carbocycles. The zero-order valence-corrected chi connectivity index (χ0v) is 18.4. The summed E-state index contributed by atoms with van der Waals surface area (Å²) < 4.78 is 54.6. The first-order valence-electron chi connectivity index (χ1n) is 9.01. The summed E-state index contributed by atoms with van der Waals surface area (Å²) in [5, 5.41) is 2.31. The number of halogens is 2. The summed E-state index contributed by atoms with van der Waals surface area (Å²) in [6, 6.07) is 2.22. The fourth-order valence-corrected chi connectivity index (χ4v) is 4.82. The van der Waals surface area contributed by atoms with Crippen molar-refractivity contribution in [2.45, 2.75) is 50.6 Å². The lowest BCUT2D eigenvalue weighted by Crippen LogP contribution is -2.42. The minimum atomic E-state index is -4.25. The molecule has 7 nitrogen and oxygen atoms in total. The van der Waals surface area contributed by atoms with Gasteiger partial charge in [-0.15, -0.1) is 0 Å². The van der Waals surface area contributed by atoms with Gasteiger partial charge in [0.25, 0.3) is 10.0 Å². The standard InChI is InChI=1S/C18H27F2N5O2S2/c1-10-5-15(29(26,27)25-17-24-9-16(20)28-17)13(19)6-14(10)23-8-12(11(2)21)7-18(3,4)22/h5-6,9,11-12,23H,7-8,21-22H2,1-4H3,(H,24,25)/t11-,12+/m1/s1. The highest BCUT2D eigenvalue weighted by molar-refractivity contribution is 7.93. The summed E-state index contributed by atoms with van der Waals surface area (Å²) in [7, 11) is -4.25. The number of benzene rings is 1. The van der Waals surface area contributed by atoms with Gasteiger partial charge in [0.05, 0.1) is 6.20 Å². The Hall–Kier alpha value is -1.82. The normalized spacial score (nSPS) is 14.5. The van der Waals surface area contributed by atoms with Crippen LogP contribution in [0.1, 0.15) is 32.8 Å². The van der Waals surface area contributed by atoms with Gasteiger partial charge >= 0.3 is 0 Å². The molecule has 11 heteroatoms. The zero-order chi connectivity index (χ0) is 22.0. The van der Waals surface area contributed by atoms with E-state index in [4.69, 9.17) is 11.5 Å². The van der Waals surface area contributed by atoms with E-state index in [-0.39, 0.29) is 17.1 Å². The quantitative estimate of drug-likeness (QED) is 0.469. The molecule has 0 spiro atoms. The molecule has 0 amide bonds. The zero-order valence-electron chi connectivity index (χ0n) is 16.8. The highest BCUT2D eigenvalue weighted by Crippen LogP contribution is 2.27. The second-order valence-corrected chi connectivity index (χ2v) is 10.5. The first-order chi connectivity index (χ1) is 13.3. The summed E-state index contributed by atoms with van der Waals surface area (Å²) in [5.41, 5.74) is 12.7. The van der Waals surface area contributed by atoms with Gasteiger partial charge in [0.2, 0.25) is 0 Å². The SMILES string of the molecule is Cc1cc(S(=O)(=O)Nc2ncc(F)s2)c(F)cc1NC[C@H](CC(C)(C)N)[C@@H](C)N. The van der Waals surface area contributed by atoms with E-state index >= 15 is 0 Å². The summed E-state index contributed by atoms with van der Waals surface area (Å²) in [4.78, 5) is 3.05. The largest absolute Gasteiger partial charge is 0.384 e. The Morgan fingerprint density at radius 2 is 1.97 bits per heavy atom. The van der Waals surface area contributed by atoms with Crippen molar-refractivity contribution in [1.29, 1.82) is 0 Å². The van der Waals surface area contributed by atoms with Crippen LogP contribution in [0, 0.1) is 23.8 Å². The van der Waals surface area contributed by atoms with Gasteiger partial charge in [-0.25, -0.2) is 17.8 Å². The van der Waals surface area contributed by atoms with E-state index in [9.17, 15) is 17.2 Å². The Bertz CT molecular complexity index is 956. The molecule has 0 bridgehead atoms. The van der Waals surface area contributed by atoms with Gasteiger partial charge in [-0.1, -0.05) is 11.3 Å². The number of aryl methyl sites for hydroxylation is 1. The van der Waals surface area contributed by atoms with E-state index in [1.54, 1.807) is 6.92 Å². The minimum Gasteiger partial charge on any atom is -0.384 e. The van der Waals surface area contributed by atoms with Crippen molar-refractivity contribution < 1.29 is 17.2 Å². The molecule has 2 aromatic rings. The van der Waals surface area contributed by atoms with Crippen LogP contribution in [0.2, 0.25) is 0 Å². The second kappa shape index (κ2) is 8.90. The lowest BCUT2D eigenvalue weighted by Gasteiger charge is -2.29. The van der Waals surface area contributed by atoms with E-state index in [0.717, 1.165) is 12.3 Å². The predicted molar refractivity (Wildman–Crippen MR) is 113 cm³/mol. The molecule has 29 heavy (non-hydrogen) atoms. The molecule has 0 aliphatic heterocycles. The van der Waals surface area contributed by atoms with Gasteiger partial charge < -0.3 is 16.8 Å². The van der Waals surface area contributed by atoms with Crippen molar-refractivity contribution in [2.75, 3.05) is 16.6 Å². The van der Waals surface area contributed by atoms with Crippen molar-refractivity contribution in [2.24, 2.45) is 17.4 Å². The number of anilines is 2. The molecule has 0 aliphatic rings. The van der Waals surface area contributed by atoms with Crippen molar-refractivity contribution >= 4 is 32.2 Å². The van der Waals surface area contributed by atoms with Crippen molar-refractivity contribution in [1.82, 2.24) is 4.98 Å². The van der Waals surface area contributed by atoms with Gasteiger partial charge in [-0.05, 0) is 57.7 Å². The van der Waals surface area contributed by atoms with Gasteiger partial charge in [0.15, 0.2) is 10.3 Å². The third-order valence-electron chi connectivity index (χ3n) is 4.35. The van der Waals surface area contributed by atoms with Gasteiger partial charge in [0, 0.05) is 23.8 Å². The molecule has 162 valence electrons. The fourth-order valence-electron chi connectivity index (χ4n) is 2.88. The maximum absolute atomic E-state index is 14.6. The lowest BCUT2D eigenvalue weighted by atomic mass is 9.87. The summed E-state index contributed by atoms with van der Waals surface area (Å²) in [6.07, 6.45) is 1.55. The van der Waals surface area contributed by atoms with Crippen LogP contribution in [0.4, 0.5) is 19.6 Å². The van der Waals surface area contributed by atoms with Crippen LogP contribution in [0.3, 0.4) is 0 Å². The number of hydrogen-bond acceptors (Lipinski definition) is 7. The average molecular weight is 448 g/mol. The predicted octanol–water partition coefficient (Wildman–Crippen LogP) is 3.03. The molecule has 0 fully saturated rings. The van der Waals surface area contributed by atoms with Crippen molar-refractivity contribution in [3.63, 3.8) is 0 Å². The molecule has 6 N–H and O–H groups in total. The van der Waals surface area contributed by atoms with Crippen LogP contribution in [-0.4, -0.2) is 31.5 Å². The maximum atomic E-state index is 14.6. The summed E-state index contributed by atoms with van der Waals surface area (Å²) in [6.45, 7) is 7.83. The molecule has 1 aromatic carbocycles. The molecular formula is C18H27F2N5O2S2. The molecule has 0 aliphatic carbocycles. The van der Waals surface area contributed by atoms with Gasteiger partial charge in [-0.2, -0.15) is 4.39 Å². The number of nitrogens with two attached hydrogens (primary N) is 2. The smallest absolute Gasteiger partial charge is 0.266 e. The maximum Gasteiger partial charge on any atom is 0.266 e.